The molecule has 0 amide bonds. The first-order chi connectivity index (χ1) is 8.36. The second kappa shape index (κ2) is 8.13. The minimum Gasteiger partial charge on any atom is -0.316 e. The molecule has 0 spiro atoms. The fourth-order valence-corrected chi connectivity index (χ4v) is 1.15. The Morgan fingerprint density at radius 2 is 1.88 bits per heavy atom. The van der Waals surface area contributed by atoms with Crippen LogP contribution in [0, 0.1) is 0 Å². The topological polar surface area (TPSA) is 54.9 Å². The Morgan fingerprint density at radius 1 is 1.18 bits per heavy atom. The Hall–Kier alpha value is -2.07. The van der Waals surface area contributed by atoms with Gasteiger partial charge in [-0.15, -0.1) is 0 Å². The quantitative estimate of drug-likeness (QED) is 0.814. The van der Waals surface area contributed by atoms with Gasteiger partial charge < -0.3 is 5.32 Å². The van der Waals surface area contributed by atoms with Crippen LogP contribution in [-0.2, 0) is 6.54 Å². The van der Waals surface area contributed by atoms with Crippen molar-refractivity contribution in [2.45, 2.75) is 6.54 Å². The van der Waals surface area contributed by atoms with Gasteiger partial charge in [0.05, 0.1) is 0 Å². The molecule has 1 N–H and O–H groups in total. The zero-order valence-corrected chi connectivity index (χ0v) is 9.71. The number of aromatic nitrogens is 2. The zero-order valence-electron chi connectivity index (χ0n) is 9.71. The van der Waals surface area contributed by atoms with Crippen LogP contribution in [-0.4, -0.2) is 23.3 Å². The Morgan fingerprint density at radius 3 is 2.29 bits per heavy atom. The van der Waals surface area contributed by atoms with Crippen LogP contribution < -0.4 is 5.32 Å². The number of aldehydes is 1. The summed E-state index contributed by atoms with van der Waals surface area (Å²) in [4.78, 5) is 17.7. The number of nitrogens with zero attached hydrogens (tertiary/aromatic N) is 2. The standard InChI is InChI=1S/C7H10N2.C6H5NO/c1-8-5-7-3-2-4-9-6-7;8-5-6-2-1-3-7-4-6/h2-4,6,8H,5H2,1H3;1-5H. The number of hydrogen-bond acceptors (Lipinski definition) is 4. The van der Waals surface area contributed by atoms with Crippen LogP contribution in [0.25, 0.3) is 0 Å². The van der Waals surface area contributed by atoms with Crippen LogP contribution in [0.5, 0.6) is 0 Å². The molecule has 2 rings (SSSR count). The molecule has 0 aliphatic rings. The molecule has 0 fully saturated rings. The van der Waals surface area contributed by atoms with E-state index in [-0.39, 0.29) is 0 Å². The third-order valence-corrected chi connectivity index (χ3v) is 1.92. The molecule has 0 atom stereocenters. The average Bonchev–Trinajstić information content (AvgIpc) is 2.42. The van der Waals surface area contributed by atoms with Gasteiger partial charge in [-0.2, -0.15) is 0 Å². The Labute approximate surface area is 101 Å². The minimum atomic E-state index is 0.618. The van der Waals surface area contributed by atoms with E-state index in [0.717, 1.165) is 12.8 Å². The van der Waals surface area contributed by atoms with Gasteiger partial charge in [0.1, 0.15) is 0 Å². The van der Waals surface area contributed by atoms with Crippen molar-refractivity contribution >= 4 is 6.29 Å². The van der Waals surface area contributed by atoms with Gasteiger partial charge in [-0.05, 0) is 30.8 Å². The lowest BCUT2D eigenvalue weighted by molar-refractivity contribution is 0.112. The van der Waals surface area contributed by atoms with Crippen molar-refractivity contribution in [3.63, 3.8) is 0 Å². The summed E-state index contributed by atoms with van der Waals surface area (Å²) in [6.45, 7) is 0.897. The lowest BCUT2D eigenvalue weighted by atomic mass is 10.3. The molecule has 0 radical (unpaired) electrons. The molecule has 17 heavy (non-hydrogen) atoms. The summed E-state index contributed by atoms with van der Waals surface area (Å²) in [7, 11) is 1.92. The molecule has 4 heteroatoms. The van der Waals surface area contributed by atoms with Crippen molar-refractivity contribution in [1.82, 2.24) is 15.3 Å². The van der Waals surface area contributed by atoms with Gasteiger partial charge in [0.15, 0.2) is 6.29 Å². The molecule has 0 saturated carbocycles. The molecule has 2 aromatic rings. The minimum absolute atomic E-state index is 0.618. The molecule has 0 aliphatic heterocycles. The second-order valence-electron chi connectivity index (χ2n) is 3.30. The maximum atomic E-state index is 9.97. The van der Waals surface area contributed by atoms with Crippen molar-refractivity contribution in [2.24, 2.45) is 0 Å². The largest absolute Gasteiger partial charge is 0.316 e. The van der Waals surface area contributed by atoms with Crippen LogP contribution in [0.2, 0.25) is 0 Å². The van der Waals surface area contributed by atoms with E-state index in [9.17, 15) is 4.79 Å². The normalized spacial score (nSPS) is 9.00. The number of carbonyl (C=O) groups is 1. The summed E-state index contributed by atoms with van der Waals surface area (Å²) < 4.78 is 0. The molecule has 0 saturated heterocycles. The van der Waals surface area contributed by atoms with Crippen LogP contribution in [0.4, 0.5) is 0 Å². The maximum absolute atomic E-state index is 9.97. The Bertz CT molecular complexity index is 417. The zero-order chi connectivity index (χ0) is 12.3. The first-order valence-electron chi connectivity index (χ1n) is 5.25. The monoisotopic (exact) mass is 229 g/mol. The molecular formula is C13H15N3O. The molecule has 4 nitrogen and oxygen atoms in total. The number of nitrogens with one attached hydrogen (secondary N) is 1. The highest BCUT2D eigenvalue weighted by atomic mass is 16.1. The van der Waals surface area contributed by atoms with E-state index < -0.39 is 0 Å². The molecule has 2 heterocycles. The van der Waals surface area contributed by atoms with Crippen molar-refractivity contribution in [3.05, 3.63) is 60.2 Å². The third-order valence-electron chi connectivity index (χ3n) is 1.92. The van der Waals surface area contributed by atoms with E-state index in [0.29, 0.717) is 5.56 Å². The van der Waals surface area contributed by atoms with E-state index in [1.54, 1.807) is 24.5 Å². The fourth-order valence-electron chi connectivity index (χ4n) is 1.15. The van der Waals surface area contributed by atoms with E-state index in [1.807, 2.05) is 25.4 Å². The molecule has 0 unspecified atom stereocenters. The van der Waals surface area contributed by atoms with Crippen molar-refractivity contribution < 1.29 is 4.79 Å². The van der Waals surface area contributed by atoms with E-state index in [1.165, 1.54) is 11.8 Å². The van der Waals surface area contributed by atoms with Gasteiger partial charge in [0, 0.05) is 36.9 Å². The summed E-state index contributed by atoms with van der Waals surface area (Å²) in [5, 5.41) is 3.04. The van der Waals surface area contributed by atoms with Gasteiger partial charge in [0.2, 0.25) is 0 Å². The van der Waals surface area contributed by atoms with Gasteiger partial charge in [-0.25, -0.2) is 0 Å². The summed E-state index contributed by atoms with van der Waals surface area (Å²) in [5.74, 6) is 0. The predicted molar refractivity (Wildman–Crippen MR) is 66.6 cm³/mol. The highest BCUT2D eigenvalue weighted by molar-refractivity contribution is 5.73. The van der Waals surface area contributed by atoms with E-state index >= 15 is 0 Å². The van der Waals surface area contributed by atoms with Crippen molar-refractivity contribution in [1.29, 1.82) is 0 Å². The van der Waals surface area contributed by atoms with Gasteiger partial charge in [-0.3, -0.25) is 14.8 Å². The molecular weight excluding hydrogens is 214 g/mol. The van der Waals surface area contributed by atoms with Crippen LogP contribution in [0.15, 0.2) is 49.1 Å². The van der Waals surface area contributed by atoms with Crippen molar-refractivity contribution in [3.8, 4) is 0 Å². The lowest BCUT2D eigenvalue weighted by Gasteiger charge is -1.95. The van der Waals surface area contributed by atoms with E-state index in [4.69, 9.17) is 0 Å². The number of carbonyl (C=O) groups excluding carboxylic acids is 1. The molecule has 0 aliphatic carbocycles. The Kier molecular flexibility index (Phi) is 6.21. The smallest absolute Gasteiger partial charge is 0.151 e. The summed E-state index contributed by atoms with van der Waals surface area (Å²) >= 11 is 0. The maximum Gasteiger partial charge on any atom is 0.151 e. The molecule has 88 valence electrons. The predicted octanol–water partition coefficient (Wildman–Crippen LogP) is 1.70. The lowest BCUT2D eigenvalue weighted by Crippen LogP contribution is -2.04. The van der Waals surface area contributed by atoms with Crippen LogP contribution in [0.3, 0.4) is 0 Å². The highest BCUT2D eigenvalue weighted by Gasteiger charge is 1.84. The molecule has 2 aromatic heterocycles. The average molecular weight is 229 g/mol. The summed E-state index contributed by atoms with van der Waals surface area (Å²) in [6, 6.07) is 7.42. The van der Waals surface area contributed by atoms with Crippen LogP contribution in [0.1, 0.15) is 15.9 Å². The van der Waals surface area contributed by atoms with Crippen LogP contribution >= 0.6 is 0 Å². The first-order valence-corrected chi connectivity index (χ1v) is 5.25. The number of rotatable bonds is 3. The fraction of sp³-hybridized carbons (Fsp3) is 0.154. The second-order valence-corrected chi connectivity index (χ2v) is 3.30. The number of pyridine rings is 2. The molecule has 0 aromatic carbocycles. The SMILES string of the molecule is CNCc1cccnc1.O=Cc1cccnc1. The third kappa shape index (κ3) is 5.53. The van der Waals surface area contributed by atoms with Gasteiger partial charge in [0.25, 0.3) is 0 Å². The summed E-state index contributed by atoms with van der Waals surface area (Å²) in [6.07, 6.45) is 7.56. The van der Waals surface area contributed by atoms with Gasteiger partial charge >= 0.3 is 0 Å². The Balaban J connectivity index is 0.000000171. The first kappa shape index (κ1) is 13.0. The van der Waals surface area contributed by atoms with E-state index in [2.05, 4.69) is 15.3 Å². The van der Waals surface area contributed by atoms with Crippen molar-refractivity contribution in [2.75, 3.05) is 7.05 Å². The van der Waals surface area contributed by atoms with Gasteiger partial charge in [-0.1, -0.05) is 6.07 Å². The summed E-state index contributed by atoms with van der Waals surface area (Å²) in [5.41, 5.74) is 1.84. The molecule has 0 bridgehead atoms. The highest BCUT2D eigenvalue weighted by Crippen LogP contribution is 1.92. The number of hydrogen-bond donors (Lipinski definition) is 1.